The molecule has 23 heavy (non-hydrogen) atoms. The van der Waals surface area contributed by atoms with Crippen LogP contribution in [0.4, 0.5) is 4.79 Å². The molecule has 0 aromatic carbocycles. The SMILES string of the molecule is CC(C)(C)OC(=O)N1CCC2(CC1)OC[C@@H](Br)c1cc(Cl)sc12. The summed E-state index contributed by atoms with van der Waals surface area (Å²) >= 11 is 11.5. The molecule has 128 valence electrons. The maximum absolute atomic E-state index is 12.2. The van der Waals surface area contributed by atoms with Gasteiger partial charge in [0.1, 0.15) is 11.2 Å². The Morgan fingerprint density at radius 1 is 1.48 bits per heavy atom. The second-order valence-electron chi connectivity index (χ2n) is 7.08. The summed E-state index contributed by atoms with van der Waals surface area (Å²) in [5.74, 6) is 0. The number of amides is 1. The molecule has 1 amide bonds. The van der Waals surface area contributed by atoms with Gasteiger partial charge in [-0.2, -0.15) is 0 Å². The van der Waals surface area contributed by atoms with Gasteiger partial charge in [-0.3, -0.25) is 0 Å². The van der Waals surface area contributed by atoms with Crippen molar-refractivity contribution in [1.82, 2.24) is 4.90 Å². The second-order valence-corrected chi connectivity index (χ2v) is 9.86. The van der Waals surface area contributed by atoms with E-state index in [1.165, 1.54) is 10.4 Å². The van der Waals surface area contributed by atoms with E-state index in [0.29, 0.717) is 19.7 Å². The number of nitrogens with zero attached hydrogens (tertiary/aromatic N) is 1. The first-order valence-corrected chi connectivity index (χ1v) is 9.87. The van der Waals surface area contributed by atoms with Crippen molar-refractivity contribution < 1.29 is 14.3 Å². The molecule has 1 fully saturated rings. The van der Waals surface area contributed by atoms with Crippen molar-refractivity contribution in [3.05, 3.63) is 20.8 Å². The third-order valence-corrected chi connectivity index (χ3v) is 6.43. The average Bonchev–Trinajstić information content (AvgIpc) is 2.86. The summed E-state index contributed by atoms with van der Waals surface area (Å²) in [6.45, 7) is 7.56. The van der Waals surface area contributed by atoms with E-state index in [0.717, 1.165) is 17.2 Å². The summed E-state index contributed by atoms with van der Waals surface area (Å²) in [6.07, 6.45) is 1.30. The molecule has 2 aliphatic rings. The van der Waals surface area contributed by atoms with Crippen LogP contribution in [0.3, 0.4) is 0 Å². The smallest absolute Gasteiger partial charge is 0.410 e. The topological polar surface area (TPSA) is 38.8 Å². The monoisotopic (exact) mass is 421 g/mol. The third kappa shape index (κ3) is 3.55. The highest BCUT2D eigenvalue weighted by atomic mass is 79.9. The van der Waals surface area contributed by atoms with Gasteiger partial charge in [-0.1, -0.05) is 27.5 Å². The quantitative estimate of drug-likeness (QED) is 0.546. The Kier molecular flexibility index (Phi) is 4.73. The van der Waals surface area contributed by atoms with Crippen LogP contribution in [-0.2, 0) is 15.1 Å². The fourth-order valence-corrected chi connectivity index (χ4v) is 5.24. The Hall–Kier alpha value is -0.300. The van der Waals surface area contributed by atoms with Gasteiger partial charge in [-0.15, -0.1) is 11.3 Å². The number of rotatable bonds is 0. The fourth-order valence-electron chi connectivity index (χ4n) is 3.10. The van der Waals surface area contributed by atoms with E-state index < -0.39 is 5.60 Å². The summed E-state index contributed by atoms with van der Waals surface area (Å²) in [6, 6.07) is 2.03. The zero-order valence-corrected chi connectivity index (χ0v) is 16.7. The van der Waals surface area contributed by atoms with Crippen molar-refractivity contribution in [2.75, 3.05) is 19.7 Å². The van der Waals surface area contributed by atoms with Gasteiger partial charge in [-0.25, -0.2) is 4.79 Å². The van der Waals surface area contributed by atoms with Gasteiger partial charge in [0, 0.05) is 18.0 Å². The lowest BCUT2D eigenvalue weighted by Crippen LogP contribution is -2.49. The van der Waals surface area contributed by atoms with Crippen molar-refractivity contribution >= 4 is 45.0 Å². The van der Waals surface area contributed by atoms with Crippen LogP contribution in [-0.4, -0.2) is 36.3 Å². The van der Waals surface area contributed by atoms with E-state index in [1.54, 1.807) is 16.2 Å². The summed E-state index contributed by atoms with van der Waals surface area (Å²) in [4.78, 5) is 15.4. The number of hydrogen-bond acceptors (Lipinski definition) is 4. The molecule has 3 heterocycles. The van der Waals surface area contributed by atoms with Crippen molar-refractivity contribution in [3.63, 3.8) is 0 Å². The molecule has 1 aromatic rings. The highest BCUT2D eigenvalue weighted by Crippen LogP contribution is 2.50. The van der Waals surface area contributed by atoms with Crippen LogP contribution in [0.5, 0.6) is 0 Å². The van der Waals surface area contributed by atoms with E-state index in [4.69, 9.17) is 21.1 Å². The van der Waals surface area contributed by atoms with E-state index in [-0.39, 0.29) is 16.5 Å². The largest absolute Gasteiger partial charge is 0.444 e. The molecule has 0 aliphatic carbocycles. The number of piperidine rings is 1. The zero-order valence-electron chi connectivity index (χ0n) is 13.5. The molecule has 2 aliphatic heterocycles. The van der Waals surface area contributed by atoms with Crippen molar-refractivity contribution in [3.8, 4) is 0 Å². The maximum atomic E-state index is 12.2. The van der Waals surface area contributed by atoms with Crippen molar-refractivity contribution in [2.24, 2.45) is 0 Å². The number of alkyl halides is 1. The maximum Gasteiger partial charge on any atom is 0.410 e. The van der Waals surface area contributed by atoms with Gasteiger partial charge in [0.25, 0.3) is 0 Å². The Morgan fingerprint density at radius 2 is 2.13 bits per heavy atom. The highest BCUT2D eigenvalue weighted by Gasteiger charge is 2.45. The van der Waals surface area contributed by atoms with Crippen molar-refractivity contribution in [1.29, 1.82) is 0 Å². The van der Waals surface area contributed by atoms with E-state index in [9.17, 15) is 4.79 Å². The lowest BCUT2D eigenvalue weighted by atomic mass is 9.85. The van der Waals surface area contributed by atoms with Crippen molar-refractivity contribution in [2.45, 2.75) is 49.6 Å². The normalized spacial score (nSPS) is 23.7. The van der Waals surface area contributed by atoms with Crippen LogP contribution in [0.2, 0.25) is 4.34 Å². The molecule has 1 spiro atoms. The van der Waals surface area contributed by atoms with Gasteiger partial charge in [-0.05, 0) is 45.2 Å². The zero-order chi connectivity index (χ0) is 16.8. The molecule has 0 unspecified atom stereocenters. The lowest BCUT2D eigenvalue weighted by Gasteiger charge is -2.44. The van der Waals surface area contributed by atoms with Crippen LogP contribution in [0.1, 0.15) is 48.9 Å². The molecule has 0 bridgehead atoms. The first-order valence-electron chi connectivity index (χ1n) is 7.76. The van der Waals surface area contributed by atoms with E-state index >= 15 is 0 Å². The molecule has 7 heteroatoms. The minimum Gasteiger partial charge on any atom is -0.444 e. The molecular weight excluding hydrogens is 402 g/mol. The van der Waals surface area contributed by atoms with E-state index in [2.05, 4.69) is 15.9 Å². The minimum absolute atomic E-state index is 0.191. The van der Waals surface area contributed by atoms with Crippen LogP contribution < -0.4 is 0 Å². The van der Waals surface area contributed by atoms with E-state index in [1.807, 2.05) is 26.8 Å². The van der Waals surface area contributed by atoms with Gasteiger partial charge in [0.05, 0.1) is 15.8 Å². The molecule has 1 saturated heterocycles. The van der Waals surface area contributed by atoms with Gasteiger partial charge in [0.2, 0.25) is 0 Å². The van der Waals surface area contributed by atoms with Gasteiger partial charge < -0.3 is 14.4 Å². The standard InChI is InChI=1S/C16H21BrClNO3S/c1-15(2,3)22-14(20)19-6-4-16(5-7-19)13-10(8-12(18)23-13)11(17)9-21-16/h8,11H,4-7,9H2,1-3H3/t11-/m1/s1. The second kappa shape index (κ2) is 6.21. The Labute approximate surface area is 154 Å². The molecule has 1 atom stereocenters. The number of carbonyl (C=O) groups excluding carboxylic acids is 1. The number of ether oxygens (including phenoxy) is 2. The summed E-state index contributed by atoms with van der Waals surface area (Å²) in [5.41, 5.74) is 0.457. The van der Waals surface area contributed by atoms with Crippen LogP contribution >= 0.6 is 38.9 Å². The summed E-state index contributed by atoms with van der Waals surface area (Å²) in [7, 11) is 0. The van der Waals surface area contributed by atoms with Crippen LogP contribution in [0.15, 0.2) is 6.07 Å². The Bertz CT molecular complexity index is 605. The first-order chi connectivity index (χ1) is 10.7. The average molecular weight is 423 g/mol. The fraction of sp³-hybridized carbons (Fsp3) is 0.688. The van der Waals surface area contributed by atoms with Gasteiger partial charge in [0.15, 0.2) is 0 Å². The summed E-state index contributed by atoms with van der Waals surface area (Å²) in [5, 5.41) is 0. The molecule has 1 aromatic heterocycles. The Balaban J connectivity index is 1.74. The third-order valence-electron chi connectivity index (χ3n) is 4.21. The number of thiophene rings is 1. The highest BCUT2D eigenvalue weighted by molar-refractivity contribution is 9.09. The molecule has 3 rings (SSSR count). The number of carbonyl (C=O) groups is 1. The van der Waals surface area contributed by atoms with Gasteiger partial charge >= 0.3 is 6.09 Å². The number of likely N-dealkylation sites (tertiary alicyclic amines) is 1. The number of halogens is 2. The predicted octanol–water partition coefficient (Wildman–Crippen LogP) is 5.09. The summed E-state index contributed by atoms with van der Waals surface area (Å²) < 4.78 is 12.5. The Morgan fingerprint density at radius 3 is 2.74 bits per heavy atom. The minimum atomic E-state index is -0.467. The number of fused-ring (bicyclic) bond motifs is 2. The lowest BCUT2D eigenvalue weighted by molar-refractivity contribution is -0.0953. The first kappa shape index (κ1) is 17.5. The molecule has 4 nitrogen and oxygen atoms in total. The number of hydrogen-bond donors (Lipinski definition) is 0. The molecular formula is C16H21BrClNO3S. The molecule has 0 N–H and O–H groups in total. The predicted molar refractivity (Wildman–Crippen MR) is 95.7 cm³/mol. The van der Waals surface area contributed by atoms with Crippen LogP contribution in [0, 0.1) is 0 Å². The van der Waals surface area contributed by atoms with Crippen LogP contribution in [0.25, 0.3) is 0 Å². The molecule has 0 saturated carbocycles. The molecule has 0 radical (unpaired) electrons.